The standard InChI is InChI=1S/C21H24N4O5/c22-16(26)15-5-2-6-23-17(15)30-14-9-21(10-14)7-13(8-21)25-19(28)18(27)24(20(25)29)11-12-3-1-4-12/h2,5-6,12-14H,1,3-4,7-11H2,(H2,22,26). The number of ether oxygens (including phenoxy) is 1. The van der Waals surface area contributed by atoms with Crippen molar-refractivity contribution in [2.24, 2.45) is 17.1 Å². The van der Waals surface area contributed by atoms with Crippen molar-refractivity contribution in [3.05, 3.63) is 23.9 Å². The Labute approximate surface area is 173 Å². The molecule has 2 N–H and O–H groups in total. The highest BCUT2D eigenvalue weighted by atomic mass is 16.5. The fourth-order valence-electron chi connectivity index (χ4n) is 5.21. The normalized spacial score (nSPS) is 30.9. The molecule has 5 amide bonds. The zero-order valence-electron chi connectivity index (χ0n) is 16.6. The Kier molecular flexibility index (Phi) is 4.30. The van der Waals surface area contributed by atoms with Crippen LogP contribution in [0.1, 0.15) is 55.3 Å². The van der Waals surface area contributed by atoms with Crippen LogP contribution in [0.25, 0.3) is 0 Å². The number of imide groups is 2. The number of nitrogens with zero attached hydrogens (tertiary/aromatic N) is 3. The van der Waals surface area contributed by atoms with Gasteiger partial charge in [0.1, 0.15) is 11.7 Å². The van der Waals surface area contributed by atoms with E-state index in [9.17, 15) is 19.2 Å². The van der Waals surface area contributed by atoms with Gasteiger partial charge in [0.25, 0.3) is 5.91 Å². The highest BCUT2D eigenvalue weighted by Crippen LogP contribution is 2.58. The molecular formula is C21H24N4O5. The second-order valence-corrected chi connectivity index (χ2v) is 9.10. The minimum atomic E-state index is -0.689. The van der Waals surface area contributed by atoms with E-state index in [1.165, 1.54) is 4.90 Å². The van der Waals surface area contributed by atoms with Crippen LogP contribution >= 0.6 is 0 Å². The van der Waals surface area contributed by atoms with E-state index in [0.29, 0.717) is 25.3 Å². The van der Waals surface area contributed by atoms with Gasteiger partial charge in [-0.25, -0.2) is 9.78 Å². The monoisotopic (exact) mass is 412 g/mol. The van der Waals surface area contributed by atoms with Gasteiger partial charge in [0.15, 0.2) is 0 Å². The summed E-state index contributed by atoms with van der Waals surface area (Å²) in [7, 11) is 0. The van der Waals surface area contributed by atoms with Crippen molar-refractivity contribution in [2.45, 2.75) is 57.1 Å². The first-order chi connectivity index (χ1) is 14.4. The molecule has 4 fully saturated rings. The van der Waals surface area contributed by atoms with Gasteiger partial charge in [0.2, 0.25) is 5.88 Å². The Bertz CT molecular complexity index is 929. The number of urea groups is 1. The highest BCUT2D eigenvalue weighted by molar-refractivity contribution is 6.44. The first kappa shape index (κ1) is 19.0. The molecule has 0 radical (unpaired) electrons. The third-order valence-electron chi connectivity index (χ3n) is 7.09. The molecule has 2 heterocycles. The molecule has 0 atom stereocenters. The predicted molar refractivity (Wildman–Crippen MR) is 103 cm³/mol. The predicted octanol–water partition coefficient (Wildman–Crippen LogP) is 1.46. The van der Waals surface area contributed by atoms with Crippen LogP contribution in [0, 0.1) is 11.3 Å². The van der Waals surface area contributed by atoms with Gasteiger partial charge in [-0.2, -0.15) is 0 Å². The van der Waals surface area contributed by atoms with E-state index in [1.54, 1.807) is 18.3 Å². The molecule has 158 valence electrons. The Balaban J connectivity index is 1.17. The molecule has 1 aromatic heterocycles. The summed E-state index contributed by atoms with van der Waals surface area (Å²) in [6.45, 7) is 0.361. The lowest BCUT2D eigenvalue weighted by molar-refractivity contribution is -0.149. The minimum Gasteiger partial charge on any atom is -0.474 e. The lowest BCUT2D eigenvalue weighted by atomic mass is 9.52. The maximum atomic E-state index is 12.7. The van der Waals surface area contributed by atoms with Crippen molar-refractivity contribution >= 4 is 23.8 Å². The van der Waals surface area contributed by atoms with Crippen LogP contribution in [0.15, 0.2) is 18.3 Å². The van der Waals surface area contributed by atoms with Crippen molar-refractivity contribution in [3.63, 3.8) is 0 Å². The molecule has 1 aliphatic heterocycles. The summed E-state index contributed by atoms with van der Waals surface area (Å²) >= 11 is 0. The number of rotatable bonds is 6. The summed E-state index contributed by atoms with van der Waals surface area (Å²) in [5.41, 5.74) is 5.63. The molecule has 1 aromatic rings. The number of carbonyl (C=O) groups is 4. The van der Waals surface area contributed by atoms with Crippen molar-refractivity contribution < 1.29 is 23.9 Å². The van der Waals surface area contributed by atoms with Crippen LogP contribution in [0.2, 0.25) is 0 Å². The van der Waals surface area contributed by atoms with Crippen molar-refractivity contribution in [2.75, 3.05) is 6.54 Å². The molecular weight excluding hydrogens is 388 g/mol. The molecule has 9 nitrogen and oxygen atoms in total. The molecule has 9 heteroatoms. The lowest BCUT2D eigenvalue weighted by Gasteiger charge is -2.58. The summed E-state index contributed by atoms with van der Waals surface area (Å²) < 4.78 is 5.85. The molecule has 0 unspecified atom stereocenters. The quantitative estimate of drug-likeness (QED) is 0.557. The van der Waals surface area contributed by atoms with E-state index in [2.05, 4.69) is 4.98 Å². The maximum absolute atomic E-state index is 12.7. The average Bonchev–Trinajstić information content (AvgIpc) is 2.82. The minimum absolute atomic E-state index is 0.0159. The second-order valence-electron chi connectivity index (χ2n) is 9.10. The van der Waals surface area contributed by atoms with Gasteiger partial charge >= 0.3 is 17.8 Å². The van der Waals surface area contributed by atoms with Crippen LogP contribution in [-0.4, -0.2) is 57.2 Å². The van der Waals surface area contributed by atoms with Crippen LogP contribution < -0.4 is 10.5 Å². The van der Waals surface area contributed by atoms with Gasteiger partial charge in [0, 0.05) is 18.8 Å². The van der Waals surface area contributed by atoms with E-state index in [4.69, 9.17) is 10.5 Å². The number of amides is 5. The second kappa shape index (κ2) is 6.78. The molecule has 3 saturated carbocycles. The first-order valence-corrected chi connectivity index (χ1v) is 10.5. The molecule has 0 bridgehead atoms. The number of carbonyl (C=O) groups excluding carboxylic acids is 4. The van der Waals surface area contributed by atoms with Crippen LogP contribution in [0.4, 0.5) is 4.79 Å². The van der Waals surface area contributed by atoms with E-state index in [-0.39, 0.29) is 29.0 Å². The Morgan fingerprint density at radius 2 is 1.90 bits per heavy atom. The average molecular weight is 412 g/mol. The fraction of sp³-hybridized carbons (Fsp3) is 0.571. The van der Waals surface area contributed by atoms with Crippen molar-refractivity contribution in [3.8, 4) is 5.88 Å². The smallest absolute Gasteiger partial charge is 0.334 e. The van der Waals surface area contributed by atoms with E-state index in [1.807, 2.05) is 0 Å². The van der Waals surface area contributed by atoms with Gasteiger partial charge in [-0.15, -0.1) is 0 Å². The Morgan fingerprint density at radius 1 is 1.17 bits per heavy atom. The summed E-state index contributed by atoms with van der Waals surface area (Å²) in [6.07, 6.45) is 7.47. The number of hydrogen-bond donors (Lipinski definition) is 1. The molecule has 3 aliphatic carbocycles. The van der Waals surface area contributed by atoms with Gasteiger partial charge in [0.05, 0.1) is 0 Å². The molecule has 4 aliphatic rings. The fourth-order valence-corrected chi connectivity index (χ4v) is 5.21. The van der Waals surface area contributed by atoms with E-state index in [0.717, 1.165) is 37.0 Å². The lowest BCUT2D eigenvalue weighted by Crippen LogP contribution is -2.60. The van der Waals surface area contributed by atoms with Gasteiger partial charge < -0.3 is 10.5 Å². The first-order valence-electron chi connectivity index (χ1n) is 10.5. The largest absolute Gasteiger partial charge is 0.474 e. The molecule has 5 rings (SSSR count). The number of aromatic nitrogens is 1. The van der Waals surface area contributed by atoms with Gasteiger partial charge in [-0.3, -0.25) is 24.2 Å². The maximum Gasteiger partial charge on any atom is 0.334 e. The van der Waals surface area contributed by atoms with Crippen LogP contribution in [0.3, 0.4) is 0 Å². The summed E-state index contributed by atoms with van der Waals surface area (Å²) in [5.74, 6) is -1.39. The Hall–Kier alpha value is -2.97. The molecule has 1 saturated heterocycles. The number of hydrogen-bond acceptors (Lipinski definition) is 6. The number of nitrogens with two attached hydrogens (primary N) is 1. The summed E-state index contributed by atoms with van der Waals surface area (Å²) in [6, 6.07) is 2.53. The van der Waals surface area contributed by atoms with Gasteiger partial charge in [-0.05, 0) is 62.0 Å². The summed E-state index contributed by atoms with van der Waals surface area (Å²) in [4.78, 5) is 55.3. The number of pyridine rings is 1. The highest BCUT2D eigenvalue weighted by Gasteiger charge is 2.60. The molecule has 0 aromatic carbocycles. The number of primary amides is 1. The Morgan fingerprint density at radius 3 is 2.53 bits per heavy atom. The van der Waals surface area contributed by atoms with Crippen molar-refractivity contribution in [1.82, 2.24) is 14.8 Å². The van der Waals surface area contributed by atoms with Crippen LogP contribution in [-0.2, 0) is 9.59 Å². The van der Waals surface area contributed by atoms with E-state index >= 15 is 0 Å². The topological polar surface area (TPSA) is 123 Å². The van der Waals surface area contributed by atoms with Crippen molar-refractivity contribution in [1.29, 1.82) is 0 Å². The zero-order valence-corrected chi connectivity index (χ0v) is 16.6. The molecule has 30 heavy (non-hydrogen) atoms. The third kappa shape index (κ3) is 2.95. The van der Waals surface area contributed by atoms with Gasteiger partial charge in [-0.1, -0.05) is 6.42 Å². The zero-order chi connectivity index (χ0) is 21.0. The van der Waals surface area contributed by atoms with Crippen LogP contribution in [0.5, 0.6) is 5.88 Å². The third-order valence-corrected chi connectivity index (χ3v) is 7.09. The van der Waals surface area contributed by atoms with E-state index < -0.39 is 23.8 Å². The SMILES string of the molecule is NC(=O)c1cccnc1OC1CC2(C1)CC(N1C(=O)C(=O)N(CC3CCC3)C1=O)C2. The summed E-state index contributed by atoms with van der Waals surface area (Å²) in [5, 5.41) is 0. The molecule has 1 spiro atoms.